The zero-order chi connectivity index (χ0) is 49.4. The third kappa shape index (κ3) is 15.3. The number of aryl methyl sites for hydroxylation is 4. The molecule has 0 spiro atoms. The molecule has 2 unspecified atom stereocenters. The van der Waals surface area contributed by atoms with Gasteiger partial charge in [0.25, 0.3) is 0 Å². The molecule has 399 valence electrons. The van der Waals surface area contributed by atoms with Gasteiger partial charge in [-0.25, -0.2) is 4.79 Å². The minimum Gasteiger partial charge on any atom is -0.507 e. The van der Waals surface area contributed by atoms with Gasteiger partial charge >= 0.3 is 6.16 Å². The van der Waals surface area contributed by atoms with Crippen LogP contribution >= 0.6 is 15.4 Å². The van der Waals surface area contributed by atoms with Crippen LogP contribution in [0.2, 0.25) is 0 Å². The Balaban J connectivity index is 0.00000159. The number of phenolic OH excluding ortho intramolecular Hbond substituents is 2. The number of nitrogens with zero attached hydrogens (tertiary/aromatic N) is 7. The summed E-state index contributed by atoms with van der Waals surface area (Å²) >= 11 is 0. The summed E-state index contributed by atoms with van der Waals surface area (Å²) in [6, 6.07) is 8.37. The second-order valence-corrected chi connectivity index (χ2v) is 25.7. The van der Waals surface area contributed by atoms with Gasteiger partial charge in [0.05, 0.1) is 157 Å². The molecule has 71 heavy (non-hydrogen) atoms. The van der Waals surface area contributed by atoms with Gasteiger partial charge in [0.2, 0.25) is 15.4 Å². The summed E-state index contributed by atoms with van der Waals surface area (Å²) in [6.45, 7) is 20.3. The van der Waals surface area contributed by atoms with Crippen molar-refractivity contribution >= 4 is 34.0 Å². The fraction of sp³-hybridized carbons (Fsp3) is 0.694. The summed E-state index contributed by atoms with van der Waals surface area (Å²) in [5.74, 6) is 0.584. The van der Waals surface area contributed by atoms with Crippen LogP contribution in [0, 0.1) is 13.8 Å². The van der Waals surface area contributed by atoms with E-state index < -0.39 is 21.6 Å². The van der Waals surface area contributed by atoms with Crippen molar-refractivity contribution in [2.24, 2.45) is 9.98 Å². The molecule has 2 aromatic carbocycles. The molecule has 8 rings (SSSR count). The van der Waals surface area contributed by atoms with Crippen LogP contribution < -0.4 is 5.09 Å². The molecule has 5 saturated heterocycles. The molecule has 0 bridgehead atoms. The summed E-state index contributed by atoms with van der Waals surface area (Å²) in [4.78, 5) is 18.9. The van der Waals surface area contributed by atoms with Crippen LogP contribution in [0.3, 0.4) is 0 Å². The number of phenols is 2. The average Bonchev–Trinajstić information content (AvgIpc) is 3.39. The van der Waals surface area contributed by atoms with E-state index >= 15 is 0 Å². The number of hydrogen-bond donors (Lipinski definition) is 6. The number of aliphatic hydroxyl groups excluding tert-OH is 1. The molecule has 5 heterocycles. The van der Waals surface area contributed by atoms with Crippen LogP contribution in [0.15, 0.2) is 34.3 Å². The average molecular weight is 1080 g/mol. The molecule has 6 N–H and O–H groups in total. The number of carboxylic acid groups (broad SMARTS) is 2. The number of hydrogen-bond acceptors (Lipinski definition) is 17. The van der Waals surface area contributed by atoms with Crippen molar-refractivity contribution in [3.05, 3.63) is 57.6 Å². The fourth-order valence-corrected chi connectivity index (χ4v) is 20.0. The third-order valence-corrected chi connectivity index (χ3v) is 23.3. The van der Waals surface area contributed by atoms with Crippen molar-refractivity contribution in [1.82, 2.24) is 28.4 Å². The fourth-order valence-electron chi connectivity index (χ4n) is 11.0. The van der Waals surface area contributed by atoms with Crippen LogP contribution in [-0.4, -0.2) is 237 Å². The van der Waals surface area contributed by atoms with E-state index in [1.54, 1.807) is 0 Å². The molecule has 0 aromatic heterocycles. The molecule has 5 aliphatic heterocycles. The molecule has 22 heteroatoms. The smallest absolute Gasteiger partial charge is 0.503 e. The Labute approximate surface area is 432 Å². The molecule has 1 saturated carbocycles. The predicted octanol–water partition coefficient (Wildman–Crippen LogP) is 4.64. The molecule has 1 radical (unpaired) electrons. The monoisotopic (exact) mass is 1080 g/mol. The van der Waals surface area contributed by atoms with Gasteiger partial charge in [0, 0.05) is 53.2 Å². The number of benzene rings is 2. The molecule has 2 atom stereocenters. The van der Waals surface area contributed by atoms with E-state index in [4.69, 9.17) is 48.7 Å². The Morgan fingerprint density at radius 2 is 1.06 bits per heavy atom. The van der Waals surface area contributed by atoms with E-state index in [1.807, 2.05) is 38.4 Å². The Bertz CT molecular complexity index is 1950. The van der Waals surface area contributed by atoms with Gasteiger partial charge in [0.1, 0.15) is 23.8 Å². The van der Waals surface area contributed by atoms with E-state index in [1.165, 1.54) is 5.56 Å². The van der Waals surface area contributed by atoms with E-state index in [2.05, 4.69) is 40.6 Å². The normalized spacial score (nSPS) is 23.1. The van der Waals surface area contributed by atoms with Gasteiger partial charge in [-0.3, -0.25) is 9.98 Å². The summed E-state index contributed by atoms with van der Waals surface area (Å²) in [7, 11) is -4.24. The van der Waals surface area contributed by atoms with Crippen LogP contribution in [0.4, 0.5) is 4.79 Å². The number of rotatable bonds is 18. The first-order valence-corrected chi connectivity index (χ1v) is 29.2. The number of nitrogens with one attached hydrogen (secondary N) is 1. The van der Waals surface area contributed by atoms with Crippen molar-refractivity contribution < 1.29 is 70.8 Å². The summed E-state index contributed by atoms with van der Waals surface area (Å²) < 4.78 is 43.1. The number of aliphatic imine (C=N–C) groups is 2. The second-order valence-electron chi connectivity index (χ2n) is 18.8. The quantitative estimate of drug-likeness (QED) is 0.0886. The van der Waals surface area contributed by atoms with Gasteiger partial charge in [-0.15, -0.1) is 23.4 Å². The standard InChI is InChI=1S/C48H76N8O8P2.CH2O3.Co/c1-39-33-40(2)47(58)43(34-39)37-49-45-5-3-4-6-46(45)50-38-44-36-41(7-31-65(51-9-20-57,52-10-21-60-22-11-52)53-12-23-61-24-13-53)35-42(48(44)59)8-32-66(54-14-25-62-26-15-54,55-16-27-63-28-17-55)56-18-29-64-30-19-56;2-1(3)4;/h33-38,45-46,51,57H,3-32H2,1-2H3;(H2,2,3,4);/p+2. The van der Waals surface area contributed by atoms with Crippen molar-refractivity contribution in [1.29, 1.82) is 0 Å². The largest absolute Gasteiger partial charge is 0.507 e. The summed E-state index contributed by atoms with van der Waals surface area (Å²) in [6.07, 6.45) is 9.22. The van der Waals surface area contributed by atoms with Gasteiger partial charge < -0.3 is 49.2 Å². The zero-order valence-corrected chi connectivity index (χ0v) is 44.7. The van der Waals surface area contributed by atoms with Crippen LogP contribution in [0.5, 0.6) is 11.5 Å². The van der Waals surface area contributed by atoms with Gasteiger partial charge in [-0.1, -0.05) is 25.0 Å². The van der Waals surface area contributed by atoms with Gasteiger partial charge in [-0.05, 0) is 61.1 Å². The van der Waals surface area contributed by atoms with Gasteiger partial charge in [0.15, 0.2) is 0 Å². The Hall–Kier alpha value is -2.46. The first-order valence-electron chi connectivity index (χ1n) is 25.4. The number of aliphatic hydroxyl groups is 1. The van der Waals surface area contributed by atoms with Crippen LogP contribution in [0.1, 0.15) is 59.1 Å². The van der Waals surface area contributed by atoms with Crippen molar-refractivity contribution in [2.45, 2.75) is 64.5 Å². The van der Waals surface area contributed by atoms with Crippen molar-refractivity contribution in [3.8, 4) is 11.5 Å². The maximum Gasteiger partial charge on any atom is 0.503 e. The van der Waals surface area contributed by atoms with Crippen molar-refractivity contribution in [3.63, 3.8) is 0 Å². The van der Waals surface area contributed by atoms with E-state index in [9.17, 15) is 15.3 Å². The van der Waals surface area contributed by atoms with E-state index in [-0.39, 0.29) is 41.2 Å². The van der Waals surface area contributed by atoms with Crippen molar-refractivity contribution in [2.75, 3.05) is 157 Å². The molecule has 19 nitrogen and oxygen atoms in total. The molecular weight excluding hydrogens is 997 g/mol. The first-order chi connectivity index (χ1) is 34.0. The second kappa shape index (κ2) is 29.0. The Morgan fingerprint density at radius 3 is 1.49 bits per heavy atom. The Morgan fingerprint density at radius 1 is 0.634 bits per heavy atom. The number of carbonyl (C=O) groups is 1. The number of aromatic hydroxyl groups is 2. The SMILES string of the molecule is Cc1cc(C)c(O)c(C=NC2CCCCC2N=Cc2cc(CC[P+](NCCO)(N3CCOCC3)N3CCOCC3)cc(CC[P+](N3CCOCC3)(N3CCOCC3)N3CCOCC3)c2O)c1.O=C(O)O.[Co]. The first kappa shape index (κ1) is 57.8. The maximum absolute atomic E-state index is 12.5. The molecule has 0 amide bonds. The summed E-state index contributed by atoms with van der Waals surface area (Å²) in [5.41, 5.74) is 5.56. The van der Waals surface area contributed by atoms with E-state index in [0.29, 0.717) is 45.1 Å². The zero-order valence-electron chi connectivity index (χ0n) is 41.9. The number of morpholine rings is 5. The van der Waals surface area contributed by atoms with Crippen LogP contribution in [0.25, 0.3) is 0 Å². The predicted molar refractivity (Wildman–Crippen MR) is 276 cm³/mol. The third-order valence-electron chi connectivity index (χ3n) is 14.4. The molecule has 2 aromatic rings. The minimum absolute atomic E-state index is 0. The van der Waals surface area contributed by atoms with Crippen LogP contribution in [-0.2, 0) is 53.3 Å². The molecule has 1 aliphatic carbocycles. The molecule has 6 aliphatic rings. The molecule has 6 fully saturated rings. The maximum atomic E-state index is 12.5. The summed E-state index contributed by atoms with van der Waals surface area (Å²) in [5, 5.41) is 51.5. The van der Waals surface area contributed by atoms with E-state index in [0.717, 1.165) is 177 Å². The topological polar surface area (TPSA) is 217 Å². The van der Waals surface area contributed by atoms with Gasteiger partial charge in [-0.2, -0.15) is 5.09 Å². The molecular formula is C49H80CoN8O11P2+2. The minimum atomic E-state index is -2.14. The number of ether oxygens (including phenoxy) is 5. The Kier molecular flexibility index (Phi) is 23.6.